The Morgan fingerprint density at radius 2 is 2.00 bits per heavy atom. The van der Waals surface area contributed by atoms with Crippen molar-refractivity contribution in [2.45, 2.75) is 24.9 Å². The summed E-state index contributed by atoms with van der Waals surface area (Å²) in [4.78, 5) is 0. The Kier molecular flexibility index (Phi) is 4.13. The number of hydrogen-bond acceptors (Lipinski definition) is 2. The van der Waals surface area contributed by atoms with Gasteiger partial charge in [-0.25, -0.2) is 4.39 Å². The van der Waals surface area contributed by atoms with E-state index in [0.717, 1.165) is 37.2 Å². The highest BCUT2D eigenvalue weighted by Gasteiger charge is 2.34. The number of benzene rings is 1. The van der Waals surface area contributed by atoms with Gasteiger partial charge in [-0.2, -0.15) is 0 Å². The van der Waals surface area contributed by atoms with Crippen LogP contribution >= 0.6 is 0 Å². The lowest BCUT2D eigenvalue weighted by molar-refractivity contribution is 0.114. The average Bonchev–Trinajstić information content (AvgIpc) is 2.37. The minimum absolute atomic E-state index is 0.587. The van der Waals surface area contributed by atoms with Gasteiger partial charge in [0.15, 0.2) is 0 Å². The van der Waals surface area contributed by atoms with E-state index in [1.165, 1.54) is 0 Å². The van der Waals surface area contributed by atoms with Crippen molar-refractivity contribution in [3.8, 4) is 0 Å². The molecule has 2 nitrogen and oxygen atoms in total. The van der Waals surface area contributed by atoms with Crippen molar-refractivity contribution >= 4 is 0 Å². The van der Waals surface area contributed by atoms with Gasteiger partial charge in [0.25, 0.3) is 0 Å². The topological polar surface area (TPSA) is 24.1 Å². The second-order valence-corrected chi connectivity index (χ2v) is 4.73. The molecule has 0 amide bonds. The fourth-order valence-corrected chi connectivity index (χ4v) is 2.53. The molecule has 1 aromatic carbocycles. The molecule has 94 valence electrons. The van der Waals surface area contributed by atoms with Gasteiger partial charge in [0.2, 0.25) is 0 Å². The van der Waals surface area contributed by atoms with E-state index in [0.29, 0.717) is 12.8 Å². The van der Waals surface area contributed by atoms with Crippen LogP contribution in [0.15, 0.2) is 24.3 Å². The van der Waals surface area contributed by atoms with Crippen LogP contribution in [0.25, 0.3) is 0 Å². The summed E-state index contributed by atoms with van der Waals surface area (Å²) in [6.45, 7) is 2.44. The first-order chi connectivity index (χ1) is 8.26. The van der Waals surface area contributed by atoms with Gasteiger partial charge >= 0.3 is 0 Å². The van der Waals surface area contributed by atoms with Crippen molar-refractivity contribution < 1.29 is 4.39 Å². The summed E-state index contributed by atoms with van der Waals surface area (Å²) < 4.78 is 14.9. The van der Waals surface area contributed by atoms with Gasteiger partial charge in [-0.1, -0.05) is 24.3 Å². The van der Waals surface area contributed by atoms with E-state index in [4.69, 9.17) is 0 Å². The first kappa shape index (κ1) is 12.5. The van der Waals surface area contributed by atoms with Gasteiger partial charge in [0.05, 0.1) is 0 Å². The number of nitrogens with one attached hydrogen (secondary N) is 2. The highest BCUT2D eigenvalue weighted by Crippen LogP contribution is 2.36. The van der Waals surface area contributed by atoms with E-state index in [9.17, 15) is 4.39 Å². The molecule has 3 heteroatoms. The molecule has 2 N–H and O–H groups in total. The monoisotopic (exact) mass is 236 g/mol. The molecule has 1 aliphatic heterocycles. The van der Waals surface area contributed by atoms with Gasteiger partial charge in [0, 0.05) is 0 Å². The SMILES string of the molecule is CNCCc1ccccc1C1(F)CCNCC1. The van der Waals surface area contributed by atoms with Crippen LogP contribution in [-0.2, 0) is 12.1 Å². The van der Waals surface area contributed by atoms with E-state index >= 15 is 0 Å². The minimum Gasteiger partial charge on any atom is -0.319 e. The van der Waals surface area contributed by atoms with E-state index < -0.39 is 5.67 Å². The van der Waals surface area contributed by atoms with E-state index in [1.807, 2.05) is 25.2 Å². The summed E-state index contributed by atoms with van der Waals surface area (Å²) in [5.74, 6) is 0. The Labute approximate surface area is 103 Å². The van der Waals surface area contributed by atoms with Crippen LogP contribution in [0.4, 0.5) is 4.39 Å². The van der Waals surface area contributed by atoms with Crippen LogP contribution in [0.2, 0.25) is 0 Å². The third-order valence-electron chi connectivity index (χ3n) is 3.54. The van der Waals surface area contributed by atoms with E-state index in [-0.39, 0.29) is 0 Å². The fraction of sp³-hybridized carbons (Fsp3) is 0.571. The van der Waals surface area contributed by atoms with E-state index in [2.05, 4.69) is 16.7 Å². The summed E-state index contributed by atoms with van der Waals surface area (Å²) in [7, 11) is 1.93. The Hall–Kier alpha value is -0.930. The first-order valence-electron chi connectivity index (χ1n) is 6.39. The molecule has 0 spiro atoms. The van der Waals surface area contributed by atoms with E-state index in [1.54, 1.807) is 0 Å². The summed E-state index contributed by atoms with van der Waals surface area (Å²) in [5, 5.41) is 6.34. The largest absolute Gasteiger partial charge is 0.319 e. The molecule has 0 aromatic heterocycles. The third kappa shape index (κ3) is 2.85. The molecule has 1 aliphatic rings. The molecule has 0 unspecified atom stereocenters. The van der Waals surface area contributed by atoms with Gasteiger partial charge in [-0.05, 0) is 57.1 Å². The molecule has 1 saturated heterocycles. The normalized spacial score (nSPS) is 19.2. The zero-order valence-electron chi connectivity index (χ0n) is 10.4. The van der Waals surface area contributed by atoms with Crippen molar-refractivity contribution in [3.05, 3.63) is 35.4 Å². The van der Waals surface area contributed by atoms with Crippen LogP contribution in [0.5, 0.6) is 0 Å². The van der Waals surface area contributed by atoms with Crippen molar-refractivity contribution in [2.75, 3.05) is 26.7 Å². The zero-order valence-corrected chi connectivity index (χ0v) is 10.4. The number of halogens is 1. The molecule has 17 heavy (non-hydrogen) atoms. The number of hydrogen-bond donors (Lipinski definition) is 2. The third-order valence-corrected chi connectivity index (χ3v) is 3.54. The maximum atomic E-state index is 14.9. The number of piperidine rings is 1. The highest BCUT2D eigenvalue weighted by atomic mass is 19.1. The summed E-state index contributed by atoms with van der Waals surface area (Å²) >= 11 is 0. The van der Waals surface area contributed by atoms with Gasteiger partial charge in [-0.15, -0.1) is 0 Å². The maximum Gasteiger partial charge on any atom is 0.138 e. The zero-order chi connectivity index (χ0) is 12.1. The summed E-state index contributed by atoms with van der Waals surface area (Å²) in [6, 6.07) is 7.95. The van der Waals surface area contributed by atoms with Crippen molar-refractivity contribution in [2.24, 2.45) is 0 Å². The fourth-order valence-electron chi connectivity index (χ4n) is 2.53. The number of likely N-dealkylation sites (N-methyl/N-ethyl adjacent to an activating group) is 1. The quantitative estimate of drug-likeness (QED) is 0.835. The molecule has 1 heterocycles. The summed E-state index contributed by atoms with van der Waals surface area (Å²) in [5.41, 5.74) is 0.915. The standard InChI is InChI=1S/C14H21FN2/c1-16-9-6-12-4-2-3-5-13(12)14(15)7-10-17-11-8-14/h2-5,16-17H,6-11H2,1H3. The Morgan fingerprint density at radius 1 is 1.29 bits per heavy atom. The molecule has 0 aliphatic carbocycles. The van der Waals surface area contributed by atoms with Crippen LogP contribution in [0, 0.1) is 0 Å². The molecule has 0 radical (unpaired) electrons. The predicted octanol–water partition coefficient (Wildman–Crippen LogP) is 2.00. The molecule has 1 aromatic rings. The van der Waals surface area contributed by atoms with Crippen LogP contribution < -0.4 is 10.6 Å². The van der Waals surface area contributed by atoms with Crippen LogP contribution in [0.3, 0.4) is 0 Å². The predicted molar refractivity (Wildman–Crippen MR) is 69.0 cm³/mol. The lowest BCUT2D eigenvalue weighted by Crippen LogP contribution is -2.37. The van der Waals surface area contributed by atoms with Crippen molar-refractivity contribution in [1.82, 2.24) is 10.6 Å². The Bertz CT molecular complexity index is 359. The van der Waals surface area contributed by atoms with Gasteiger partial charge < -0.3 is 10.6 Å². The molecular formula is C14H21FN2. The lowest BCUT2D eigenvalue weighted by atomic mass is 9.83. The number of rotatable bonds is 4. The smallest absolute Gasteiger partial charge is 0.138 e. The second kappa shape index (κ2) is 5.61. The second-order valence-electron chi connectivity index (χ2n) is 4.73. The first-order valence-corrected chi connectivity index (χ1v) is 6.39. The minimum atomic E-state index is -1.13. The van der Waals surface area contributed by atoms with Gasteiger partial charge in [-0.3, -0.25) is 0 Å². The molecule has 0 atom stereocenters. The maximum absolute atomic E-state index is 14.9. The average molecular weight is 236 g/mol. The van der Waals surface area contributed by atoms with Crippen molar-refractivity contribution in [1.29, 1.82) is 0 Å². The van der Waals surface area contributed by atoms with Crippen LogP contribution in [-0.4, -0.2) is 26.7 Å². The number of alkyl halides is 1. The molecule has 2 rings (SSSR count). The molecule has 0 saturated carbocycles. The Morgan fingerprint density at radius 3 is 2.71 bits per heavy atom. The van der Waals surface area contributed by atoms with Gasteiger partial charge in [0.1, 0.15) is 5.67 Å². The van der Waals surface area contributed by atoms with Crippen molar-refractivity contribution in [3.63, 3.8) is 0 Å². The highest BCUT2D eigenvalue weighted by molar-refractivity contribution is 5.33. The molecular weight excluding hydrogens is 215 g/mol. The molecule has 0 bridgehead atoms. The molecule has 1 fully saturated rings. The summed E-state index contributed by atoms with van der Waals surface area (Å²) in [6.07, 6.45) is 2.07. The lowest BCUT2D eigenvalue weighted by Gasteiger charge is -2.32. The Balaban J connectivity index is 2.23. The van der Waals surface area contributed by atoms with Crippen LogP contribution in [0.1, 0.15) is 24.0 Å².